The Morgan fingerprint density at radius 1 is 1.16 bits per heavy atom. The molecule has 0 unspecified atom stereocenters. The average molecular weight is 340 g/mol. The average Bonchev–Trinajstić information content (AvgIpc) is 2.62. The van der Waals surface area contributed by atoms with Crippen molar-refractivity contribution < 1.29 is 19.0 Å². The Labute approximate surface area is 140 Å². The van der Waals surface area contributed by atoms with Gasteiger partial charge >= 0.3 is 11.7 Å². The Hall–Kier alpha value is -3.52. The zero-order chi connectivity index (χ0) is 17.8. The number of hydrogen-bond acceptors (Lipinski definition) is 7. The second-order valence-electron chi connectivity index (χ2n) is 5.08. The molecule has 2 aromatic carbocycles. The predicted octanol–water partition coefficient (Wildman–Crippen LogP) is 2.56. The number of nitro groups is 1. The second-order valence-corrected chi connectivity index (χ2v) is 5.08. The monoisotopic (exact) mass is 340 g/mol. The van der Waals surface area contributed by atoms with Gasteiger partial charge in [0.25, 0.3) is 0 Å². The van der Waals surface area contributed by atoms with Crippen LogP contribution >= 0.6 is 0 Å². The number of nitrogens with zero attached hydrogens (tertiary/aromatic N) is 1. The summed E-state index contributed by atoms with van der Waals surface area (Å²) < 4.78 is 5.24. The van der Waals surface area contributed by atoms with Crippen molar-refractivity contribution >= 4 is 22.6 Å². The first-order chi connectivity index (χ1) is 12.1. The molecule has 1 aromatic heterocycles. The van der Waals surface area contributed by atoms with E-state index < -0.39 is 27.8 Å². The maximum atomic E-state index is 12.1. The van der Waals surface area contributed by atoms with Crippen LogP contribution in [0.2, 0.25) is 0 Å². The highest BCUT2D eigenvalue weighted by Crippen LogP contribution is 2.24. The lowest BCUT2D eigenvalue weighted by Crippen LogP contribution is -2.20. The van der Waals surface area contributed by atoms with Gasteiger partial charge in [-0.15, -0.1) is 5.48 Å². The van der Waals surface area contributed by atoms with Gasteiger partial charge in [-0.1, -0.05) is 36.4 Å². The molecule has 1 heterocycles. The van der Waals surface area contributed by atoms with Gasteiger partial charge in [-0.3, -0.25) is 14.9 Å². The molecule has 1 N–H and O–H groups in total. The topological polar surface area (TPSA) is 112 Å². The van der Waals surface area contributed by atoms with Gasteiger partial charge < -0.3 is 9.25 Å². The lowest BCUT2D eigenvalue weighted by atomic mass is 10.2. The largest absolute Gasteiger partial charge is 0.441 e. The molecule has 0 atom stereocenters. The van der Waals surface area contributed by atoms with E-state index in [-0.39, 0.29) is 17.5 Å². The van der Waals surface area contributed by atoms with E-state index in [4.69, 9.17) is 9.25 Å². The van der Waals surface area contributed by atoms with E-state index in [1.807, 2.05) is 30.3 Å². The molecule has 25 heavy (non-hydrogen) atoms. The molecule has 0 amide bonds. The van der Waals surface area contributed by atoms with Crippen LogP contribution in [0.25, 0.3) is 11.0 Å². The lowest BCUT2D eigenvalue weighted by molar-refractivity contribution is -0.383. The highest BCUT2D eigenvalue weighted by Gasteiger charge is 2.20. The molecule has 0 aliphatic carbocycles. The predicted molar refractivity (Wildman–Crippen MR) is 87.8 cm³/mol. The van der Waals surface area contributed by atoms with Crippen molar-refractivity contribution in [2.24, 2.45) is 0 Å². The van der Waals surface area contributed by atoms with Gasteiger partial charge in [-0.2, -0.15) is 0 Å². The van der Waals surface area contributed by atoms with E-state index in [9.17, 15) is 19.7 Å². The fraction of sp³-hybridized carbons (Fsp3) is 0.0588. The third-order valence-electron chi connectivity index (χ3n) is 3.42. The zero-order valence-corrected chi connectivity index (χ0v) is 12.8. The van der Waals surface area contributed by atoms with Crippen molar-refractivity contribution in [1.82, 2.24) is 5.48 Å². The molecular formula is C17H12N2O6. The number of carbonyl (C=O) groups is 1. The molecule has 0 radical (unpaired) electrons. The van der Waals surface area contributed by atoms with Crippen LogP contribution in [-0.4, -0.2) is 10.9 Å². The number of fused-ring (bicyclic) bond motifs is 1. The number of non-ortho nitro benzene ring substituents is 1. The molecule has 0 aliphatic rings. The summed E-state index contributed by atoms with van der Waals surface area (Å²) in [6.07, 6.45) is 0. The molecular weight excluding hydrogens is 328 g/mol. The van der Waals surface area contributed by atoms with Crippen molar-refractivity contribution in [3.05, 3.63) is 86.3 Å². The van der Waals surface area contributed by atoms with Crippen molar-refractivity contribution in [2.75, 3.05) is 0 Å². The Morgan fingerprint density at radius 3 is 2.64 bits per heavy atom. The number of hydrogen-bond donors (Lipinski definition) is 1. The molecule has 0 bridgehead atoms. The fourth-order valence-corrected chi connectivity index (χ4v) is 2.24. The summed E-state index contributed by atoms with van der Waals surface area (Å²) >= 11 is 0. The molecule has 126 valence electrons. The molecule has 0 spiro atoms. The maximum Gasteiger partial charge on any atom is 0.393 e. The first kappa shape index (κ1) is 16.3. The maximum absolute atomic E-state index is 12.1. The summed E-state index contributed by atoms with van der Waals surface area (Å²) in [5, 5.41) is 11.1. The van der Waals surface area contributed by atoms with Gasteiger partial charge in [0, 0.05) is 12.1 Å². The Bertz CT molecular complexity index is 997. The minimum atomic E-state index is -0.951. The third-order valence-corrected chi connectivity index (χ3v) is 3.42. The van der Waals surface area contributed by atoms with Crippen molar-refractivity contribution in [1.29, 1.82) is 0 Å². The first-order valence-corrected chi connectivity index (χ1v) is 7.25. The molecule has 3 aromatic rings. The van der Waals surface area contributed by atoms with Gasteiger partial charge in [0.05, 0.1) is 16.9 Å². The van der Waals surface area contributed by atoms with Crippen LogP contribution < -0.4 is 10.9 Å². The first-order valence-electron chi connectivity index (χ1n) is 7.25. The molecule has 8 heteroatoms. The summed E-state index contributed by atoms with van der Waals surface area (Å²) in [4.78, 5) is 39.3. The van der Waals surface area contributed by atoms with Crippen molar-refractivity contribution in [3.8, 4) is 0 Å². The highest BCUT2D eigenvalue weighted by atomic mass is 16.7. The van der Waals surface area contributed by atoms with E-state index in [1.54, 1.807) is 0 Å². The van der Waals surface area contributed by atoms with E-state index >= 15 is 0 Å². The van der Waals surface area contributed by atoms with Crippen LogP contribution in [0, 0.1) is 10.1 Å². The Balaban J connectivity index is 1.83. The van der Waals surface area contributed by atoms with Gasteiger partial charge in [0.1, 0.15) is 0 Å². The number of para-hydroxylation sites is 1. The summed E-state index contributed by atoms with van der Waals surface area (Å²) in [6.45, 7) is 0.255. The van der Waals surface area contributed by atoms with Gasteiger partial charge in [0.2, 0.25) is 11.3 Å². The number of carbonyl (C=O) groups excluding carboxylic acids is 1. The zero-order valence-electron chi connectivity index (χ0n) is 12.8. The smallest absolute Gasteiger partial charge is 0.393 e. The Kier molecular flexibility index (Phi) is 4.53. The number of nitrogens with one attached hydrogen (secondary N) is 1. The standard InChI is InChI=1S/C17H12N2O6/c20-14-9-15(17(21)25-18-10-11-5-2-1-3-6-11)24-16-12(14)7-4-8-13(16)19(22)23/h1-9,18H,10H2. The lowest BCUT2D eigenvalue weighted by Gasteiger charge is -2.06. The minimum Gasteiger partial charge on any atom is -0.441 e. The molecule has 3 rings (SSSR count). The number of hydroxylamine groups is 1. The molecule has 0 fully saturated rings. The van der Waals surface area contributed by atoms with Crippen LogP contribution in [0.3, 0.4) is 0 Å². The van der Waals surface area contributed by atoms with Crippen LogP contribution in [0.4, 0.5) is 5.69 Å². The van der Waals surface area contributed by atoms with Gasteiger partial charge in [0.15, 0.2) is 5.43 Å². The van der Waals surface area contributed by atoms with E-state index in [2.05, 4.69) is 5.48 Å². The molecule has 0 saturated heterocycles. The SMILES string of the molecule is O=C(ONCc1ccccc1)c1cc(=O)c2cccc([N+](=O)[O-])c2o1. The van der Waals surface area contributed by atoms with E-state index in [0.29, 0.717) is 0 Å². The third kappa shape index (κ3) is 3.54. The van der Waals surface area contributed by atoms with Crippen LogP contribution in [0.15, 0.2) is 63.8 Å². The van der Waals surface area contributed by atoms with Gasteiger partial charge in [-0.05, 0) is 11.6 Å². The van der Waals surface area contributed by atoms with Crippen molar-refractivity contribution in [3.63, 3.8) is 0 Å². The molecule has 0 saturated carbocycles. The number of rotatable bonds is 5. The minimum absolute atomic E-state index is 0.0167. The second kappa shape index (κ2) is 6.93. The summed E-state index contributed by atoms with van der Waals surface area (Å²) in [5.74, 6) is -1.37. The molecule has 0 aliphatic heterocycles. The van der Waals surface area contributed by atoms with Crippen LogP contribution in [0.5, 0.6) is 0 Å². The number of benzene rings is 2. The summed E-state index contributed by atoms with van der Waals surface area (Å²) in [7, 11) is 0. The summed E-state index contributed by atoms with van der Waals surface area (Å²) in [6, 6.07) is 14.1. The van der Waals surface area contributed by atoms with E-state index in [1.165, 1.54) is 18.2 Å². The fourth-order valence-electron chi connectivity index (χ4n) is 2.24. The van der Waals surface area contributed by atoms with Gasteiger partial charge in [-0.25, -0.2) is 4.79 Å². The highest BCUT2D eigenvalue weighted by molar-refractivity contribution is 5.91. The number of nitro benzene ring substituents is 1. The van der Waals surface area contributed by atoms with Crippen molar-refractivity contribution in [2.45, 2.75) is 6.54 Å². The van der Waals surface area contributed by atoms with Crippen LogP contribution in [-0.2, 0) is 11.4 Å². The summed E-state index contributed by atoms with van der Waals surface area (Å²) in [5.41, 5.74) is 2.10. The van der Waals surface area contributed by atoms with Crippen LogP contribution in [0.1, 0.15) is 16.1 Å². The normalized spacial score (nSPS) is 10.6. The van der Waals surface area contributed by atoms with E-state index in [0.717, 1.165) is 11.6 Å². The Morgan fingerprint density at radius 2 is 1.92 bits per heavy atom. The quantitative estimate of drug-likeness (QED) is 0.561. The molecule has 8 nitrogen and oxygen atoms in total.